The largest absolute Gasteiger partial charge is 0.438 e. The molecule has 2 fully saturated rings. The molecule has 8 heterocycles. The van der Waals surface area contributed by atoms with Gasteiger partial charge in [0.15, 0.2) is 18.0 Å². The van der Waals surface area contributed by atoms with Gasteiger partial charge in [0.25, 0.3) is 11.1 Å². The number of carbonyl (C=O) groups excluding carboxylic acids is 1. The fourth-order valence-corrected chi connectivity index (χ4v) is 11.5. The summed E-state index contributed by atoms with van der Waals surface area (Å²) in [7, 11) is 0. The normalized spacial score (nSPS) is 18.8. The van der Waals surface area contributed by atoms with Crippen molar-refractivity contribution in [2.24, 2.45) is 0 Å². The maximum Gasteiger partial charge on any atom is 0.307 e. The van der Waals surface area contributed by atoms with Gasteiger partial charge in [-0.15, -0.1) is 11.8 Å². The van der Waals surface area contributed by atoms with Gasteiger partial charge in [-0.1, -0.05) is 30.1 Å². The number of rotatable bonds is 18. The van der Waals surface area contributed by atoms with Gasteiger partial charge in [-0.3, -0.25) is 23.5 Å². The van der Waals surface area contributed by atoms with E-state index in [0.717, 1.165) is 160 Å². The van der Waals surface area contributed by atoms with Gasteiger partial charge in [0.05, 0.1) is 17.3 Å². The van der Waals surface area contributed by atoms with Crippen molar-refractivity contribution in [3.63, 3.8) is 0 Å². The first kappa shape index (κ1) is 53.5. The van der Waals surface area contributed by atoms with E-state index in [0.29, 0.717) is 61.2 Å². The van der Waals surface area contributed by atoms with Crippen molar-refractivity contribution in [1.29, 1.82) is 0 Å². The van der Waals surface area contributed by atoms with Crippen molar-refractivity contribution in [2.45, 2.75) is 148 Å². The third kappa shape index (κ3) is 12.5. The van der Waals surface area contributed by atoms with Gasteiger partial charge in [-0.05, 0) is 141 Å². The molecule has 2 saturated heterocycles. The Kier molecular flexibility index (Phi) is 18.1. The van der Waals surface area contributed by atoms with Gasteiger partial charge in [-0.25, -0.2) is 18.7 Å². The topological polar surface area (TPSA) is 173 Å². The summed E-state index contributed by atoms with van der Waals surface area (Å²) in [4.78, 5) is 53.0. The molecule has 2 unspecified atom stereocenters. The van der Waals surface area contributed by atoms with Crippen LogP contribution in [0.25, 0.3) is 21.9 Å². The lowest BCUT2D eigenvalue weighted by Crippen LogP contribution is -2.38. The highest BCUT2D eigenvalue weighted by Gasteiger charge is 2.31. The predicted octanol–water partition coefficient (Wildman–Crippen LogP) is 9.61. The SMILES string of the molecule is CCCCCC(=O)OCOC1CCCn2c1nc(C)c(CCN1CCC(c3noc4cc(F)ccc34)CC1)c2=O.CSCOC1CCCn2c1nc(C)c(CCN1CCC(c3noc4cc(F)ccc34)CC1)c2=O. The molecule has 4 aliphatic heterocycles. The van der Waals surface area contributed by atoms with Crippen LogP contribution in [-0.2, 0) is 44.9 Å². The minimum atomic E-state index is -0.360. The number of aromatic nitrogens is 6. The Morgan fingerprint density at radius 1 is 0.689 bits per heavy atom. The molecule has 4 aliphatic rings. The van der Waals surface area contributed by atoms with Gasteiger partial charge in [0.2, 0.25) is 0 Å². The number of nitrogens with zero attached hydrogens (tertiary/aromatic N) is 8. The minimum absolute atomic E-state index is 0.00328. The summed E-state index contributed by atoms with van der Waals surface area (Å²) in [6.45, 7) is 12.4. The summed E-state index contributed by atoms with van der Waals surface area (Å²) in [6.07, 6.45) is 13.4. The molecular formula is C55H70F2N8O8S. The number of piperidine rings is 2. The van der Waals surface area contributed by atoms with Crippen LogP contribution in [-0.4, -0.2) is 103 Å². The molecule has 0 bridgehead atoms. The van der Waals surface area contributed by atoms with E-state index in [1.165, 1.54) is 24.3 Å². The monoisotopic (exact) mass is 1040 g/mol. The number of esters is 1. The number of hydrogen-bond donors (Lipinski definition) is 0. The molecule has 74 heavy (non-hydrogen) atoms. The van der Waals surface area contributed by atoms with Crippen LogP contribution in [0.1, 0.15) is 154 Å². The van der Waals surface area contributed by atoms with Gasteiger partial charge < -0.3 is 33.1 Å². The lowest BCUT2D eigenvalue weighted by atomic mass is 9.91. The lowest BCUT2D eigenvalue weighted by Gasteiger charge is -2.31. The van der Waals surface area contributed by atoms with E-state index in [9.17, 15) is 23.2 Å². The fraction of sp³-hybridized carbons (Fsp3) is 0.582. The molecule has 398 valence electrons. The Balaban J connectivity index is 0.000000184. The molecule has 4 aromatic heterocycles. The van der Waals surface area contributed by atoms with Crippen molar-refractivity contribution in [1.82, 2.24) is 39.2 Å². The molecule has 10 rings (SSSR count). The molecule has 0 N–H and O–H groups in total. The Hall–Kier alpha value is -5.34. The highest BCUT2D eigenvalue weighted by Crippen LogP contribution is 2.35. The molecule has 16 nitrogen and oxygen atoms in total. The van der Waals surface area contributed by atoms with Gasteiger partial charge >= 0.3 is 5.97 Å². The second-order valence-corrected chi connectivity index (χ2v) is 21.0. The molecule has 0 saturated carbocycles. The van der Waals surface area contributed by atoms with E-state index in [-0.39, 0.29) is 53.6 Å². The second-order valence-electron chi connectivity index (χ2n) is 20.2. The summed E-state index contributed by atoms with van der Waals surface area (Å²) in [5.74, 6) is 1.71. The zero-order chi connectivity index (χ0) is 51.7. The van der Waals surface area contributed by atoms with E-state index < -0.39 is 0 Å². The number of thioether (sulfide) groups is 1. The first-order valence-corrected chi connectivity index (χ1v) is 28.0. The molecule has 2 atom stereocenters. The zero-order valence-corrected chi connectivity index (χ0v) is 44.1. The number of aryl methyl sites for hydroxylation is 2. The number of halogens is 2. The number of likely N-dealkylation sites (tertiary alicyclic amines) is 2. The molecule has 0 spiro atoms. The Labute approximate surface area is 434 Å². The van der Waals surface area contributed by atoms with Crippen LogP contribution in [0.4, 0.5) is 8.78 Å². The second kappa shape index (κ2) is 25.0. The number of unbranched alkanes of at least 4 members (excludes halogenated alkanes) is 2. The van der Waals surface area contributed by atoms with Crippen LogP contribution < -0.4 is 11.1 Å². The first-order valence-electron chi connectivity index (χ1n) is 26.6. The standard InChI is InChI=1S/C30H39FN4O5.C25H31FN4O3S/c1-3-4-5-8-27(36)39-19-38-25-7-6-14-35-29(25)32-20(2)23(30(35)37)13-17-34-15-11-21(12-16-34)28-24-10-9-22(31)18-26(24)40-33-28;1-16-19(25(31)30-10-3-4-21(24(30)27-16)32-15-34-2)9-13-29-11-7-17(8-12-29)23-20-6-5-18(26)14-22(20)33-28-23/h9-10,18,21,25H,3-8,11-17,19H2,1-2H3;5-6,14,17,21H,3-4,7-13,15H2,1-2H3. The van der Waals surface area contributed by atoms with Gasteiger partial charge in [-0.2, -0.15) is 0 Å². The zero-order valence-electron chi connectivity index (χ0n) is 43.3. The molecule has 2 aromatic carbocycles. The summed E-state index contributed by atoms with van der Waals surface area (Å²) >= 11 is 1.64. The summed E-state index contributed by atoms with van der Waals surface area (Å²) < 4.78 is 58.3. The van der Waals surface area contributed by atoms with Crippen LogP contribution in [0.2, 0.25) is 0 Å². The van der Waals surface area contributed by atoms with Crippen LogP contribution in [0.3, 0.4) is 0 Å². The number of benzene rings is 2. The quantitative estimate of drug-likeness (QED) is 0.0452. The van der Waals surface area contributed by atoms with E-state index in [1.807, 2.05) is 24.7 Å². The number of carbonyl (C=O) groups is 1. The van der Waals surface area contributed by atoms with Crippen molar-refractivity contribution in [3.05, 3.63) is 114 Å². The van der Waals surface area contributed by atoms with Crippen LogP contribution in [0.15, 0.2) is 55.0 Å². The van der Waals surface area contributed by atoms with Gasteiger partial charge in [0.1, 0.15) is 35.5 Å². The molecule has 0 amide bonds. The van der Waals surface area contributed by atoms with Crippen molar-refractivity contribution < 1.29 is 36.8 Å². The maximum atomic E-state index is 13.5. The maximum absolute atomic E-state index is 13.5. The van der Waals surface area contributed by atoms with E-state index in [4.69, 9.17) is 33.2 Å². The molecule has 0 aliphatic carbocycles. The average molecular weight is 1040 g/mol. The Bertz CT molecular complexity index is 3000. The molecule has 19 heteroatoms. The molecular weight excluding hydrogens is 971 g/mol. The van der Waals surface area contributed by atoms with Gasteiger partial charge in [0, 0.05) is 89.9 Å². The summed E-state index contributed by atoms with van der Waals surface area (Å²) in [5.41, 5.74) is 6.07. The average Bonchev–Trinajstić information content (AvgIpc) is 4.03. The van der Waals surface area contributed by atoms with E-state index >= 15 is 0 Å². The van der Waals surface area contributed by atoms with Crippen LogP contribution in [0.5, 0.6) is 0 Å². The van der Waals surface area contributed by atoms with Crippen LogP contribution in [0, 0.1) is 25.5 Å². The number of fused-ring (bicyclic) bond motifs is 4. The minimum Gasteiger partial charge on any atom is -0.438 e. The van der Waals surface area contributed by atoms with E-state index in [2.05, 4.69) is 27.0 Å². The lowest BCUT2D eigenvalue weighted by molar-refractivity contribution is -0.163. The van der Waals surface area contributed by atoms with Crippen molar-refractivity contribution in [2.75, 3.05) is 58.3 Å². The third-order valence-electron chi connectivity index (χ3n) is 15.4. The van der Waals surface area contributed by atoms with Crippen molar-refractivity contribution in [3.8, 4) is 0 Å². The third-order valence-corrected chi connectivity index (χ3v) is 15.7. The Morgan fingerprint density at radius 2 is 1.18 bits per heavy atom. The van der Waals surface area contributed by atoms with Crippen LogP contribution >= 0.6 is 11.8 Å². The fourth-order valence-electron chi connectivity index (χ4n) is 11.2. The first-order chi connectivity index (χ1) is 36.0. The molecule has 0 radical (unpaired) electrons. The highest BCUT2D eigenvalue weighted by atomic mass is 32.2. The summed E-state index contributed by atoms with van der Waals surface area (Å²) in [6, 6.07) is 9.20. The molecule has 6 aromatic rings. The Morgan fingerprint density at radius 3 is 1.65 bits per heavy atom. The highest BCUT2D eigenvalue weighted by molar-refractivity contribution is 7.98. The van der Waals surface area contributed by atoms with Crippen molar-refractivity contribution >= 4 is 39.7 Å². The van der Waals surface area contributed by atoms with E-state index in [1.54, 1.807) is 28.5 Å². The number of ether oxygens (including phenoxy) is 3. The predicted molar refractivity (Wildman–Crippen MR) is 278 cm³/mol. The summed E-state index contributed by atoms with van der Waals surface area (Å²) in [5, 5.41) is 10.3. The smallest absolute Gasteiger partial charge is 0.307 e. The number of hydrogen-bond acceptors (Lipinski definition) is 15.